The Morgan fingerprint density at radius 2 is 1.63 bits per heavy atom. The Morgan fingerprint density at radius 3 is 2.20 bits per heavy atom. The minimum Gasteiger partial charge on any atom is -0.494 e. The normalized spacial score (nSPS) is 17.0. The molecule has 0 spiro atoms. The lowest BCUT2D eigenvalue weighted by Gasteiger charge is -2.34. The molecule has 0 N–H and O–H groups in total. The van der Waals surface area contributed by atoms with Crippen LogP contribution in [0.5, 0.6) is 5.75 Å². The Hall–Kier alpha value is -1.88. The highest BCUT2D eigenvalue weighted by molar-refractivity contribution is 5.52. The van der Waals surface area contributed by atoms with E-state index in [0.717, 1.165) is 31.6 Å². The third-order valence-corrected chi connectivity index (χ3v) is 6.92. The van der Waals surface area contributed by atoms with Crippen molar-refractivity contribution in [1.82, 2.24) is 14.7 Å². The molecule has 1 aromatic carbocycles. The van der Waals surface area contributed by atoms with Gasteiger partial charge in [-0.25, -0.2) is 0 Å². The van der Waals surface area contributed by atoms with Crippen molar-refractivity contribution in [3.8, 4) is 5.75 Å². The van der Waals surface area contributed by atoms with Gasteiger partial charge in [-0.05, 0) is 97.4 Å². The van der Waals surface area contributed by atoms with Gasteiger partial charge in [0.15, 0.2) is 0 Å². The Kier molecular flexibility index (Phi) is 13.4. The predicted octanol–water partition coefficient (Wildman–Crippen LogP) is 6.37. The minimum atomic E-state index is 0.0137. The van der Waals surface area contributed by atoms with Crippen LogP contribution in [0.1, 0.15) is 58.4 Å². The van der Waals surface area contributed by atoms with Gasteiger partial charge in [-0.2, -0.15) is 0 Å². The van der Waals surface area contributed by atoms with E-state index in [4.69, 9.17) is 4.74 Å². The van der Waals surface area contributed by atoms with Gasteiger partial charge in [0, 0.05) is 31.6 Å². The number of benzene rings is 1. The van der Waals surface area contributed by atoms with E-state index in [2.05, 4.69) is 105 Å². The smallest absolute Gasteiger partial charge is 0.119 e. The first-order valence-corrected chi connectivity index (χ1v) is 13.6. The van der Waals surface area contributed by atoms with Crippen LogP contribution in [-0.4, -0.2) is 81.2 Å². The zero-order chi connectivity index (χ0) is 25.5. The standard InChI is InChI=1S/C31H51N3O/c1-7-31(4,18-10-12-28(2)3)19-17-29-13-15-30(16-14-29)35-27-9-8-21-33-23-25-34(26-24-33)22-11-20-32(5)6/h7,12-17,19H,1,8-11,18,20-27H2,2-6H3/b19-17+/t31-/m1/s1. The molecule has 0 aliphatic carbocycles. The van der Waals surface area contributed by atoms with Gasteiger partial charge in [0.1, 0.15) is 5.75 Å². The molecule has 1 aliphatic heterocycles. The van der Waals surface area contributed by atoms with Crippen LogP contribution in [0, 0.1) is 5.41 Å². The Morgan fingerprint density at radius 1 is 1.00 bits per heavy atom. The quantitative estimate of drug-likeness (QED) is 0.202. The van der Waals surface area contributed by atoms with Crippen molar-refractivity contribution in [2.45, 2.75) is 52.9 Å². The Balaban J connectivity index is 1.61. The lowest BCUT2D eigenvalue weighted by Crippen LogP contribution is -2.47. The Labute approximate surface area is 216 Å². The van der Waals surface area contributed by atoms with Crippen LogP contribution in [0.3, 0.4) is 0 Å². The van der Waals surface area contributed by atoms with Gasteiger partial charge in [-0.3, -0.25) is 0 Å². The van der Waals surface area contributed by atoms with E-state index in [1.165, 1.54) is 69.8 Å². The molecule has 4 nitrogen and oxygen atoms in total. The molecule has 0 saturated carbocycles. The maximum atomic E-state index is 6.00. The minimum absolute atomic E-state index is 0.0137. The van der Waals surface area contributed by atoms with Gasteiger partial charge >= 0.3 is 0 Å². The molecule has 196 valence electrons. The van der Waals surface area contributed by atoms with Crippen molar-refractivity contribution in [3.05, 3.63) is 60.2 Å². The predicted molar refractivity (Wildman–Crippen MR) is 153 cm³/mol. The second-order valence-electron chi connectivity index (χ2n) is 10.8. The van der Waals surface area contributed by atoms with Crippen molar-refractivity contribution >= 4 is 6.08 Å². The number of nitrogens with zero attached hydrogens (tertiary/aromatic N) is 3. The molecule has 0 radical (unpaired) electrons. The molecule has 0 amide bonds. The van der Waals surface area contributed by atoms with Crippen molar-refractivity contribution in [1.29, 1.82) is 0 Å². The summed E-state index contributed by atoms with van der Waals surface area (Å²) in [4.78, 5) is 7.50. The monoisotopic (exact) mass is 481 g/mol. The average molecular weight is 482 g/mol. The van der Waals surface area contributed by atoms with Crippen molar-refractivity contribution in [3.63, 3.8) is 0 Å². The summed E-state index contributed by atoms with van der Waals surface area (Å²) in [7, 11) is 4.31. The van der Waals surface area contributed by atoms with Crippen LogP contribution in [0.2, 0.25) is 0 Å². The van der Waals surface area contributed by atoms with Crippen LogP contribution in [0.4, 0.5) is 0 Å². The maximum Gasteiger partial charge on any atom is 0.119 e. The summed E-state index contributed by atoms with van der Waals surface area (Å²) in [5.74, 6) is 0.962. The number of hydrogen-bond donors (Lipinski definition) is 0. The van der Waals surface area contributed by atoms with E-state index in [9.17, 15) is 0 Å². The number of piperazine rings is 1. The topological polar surface area (TPSA) is 19.0 Å². The molecular formula is C31H51N3O. The van der Waals surface area contributed by atoms with Crippen molar-refractivity contribution in [2.75, 3.05) is 66.5 Å². The molecule has 1 aromatic rings. The highest BCUT2D eigenvalue weighted by Gasteiger charge is 2.16. The first-order chi connectivity index (χ1) is 16.8. The third kappa shape index (κ3) is 12.6. The first-order valence-electron chi connectivity index (χ1n) is 13.6. The van der Waals surface area contributed by atoms with E-state index in [1.54, 1.807) is 0 Å². The average Bonchev–Trinajstić information content (AvgIpc) is 2.84. The molecule has 0 unspecified atom stereocenters. The van der Waals surface area contributed by atoms with Crippen LogP contribution >= 0.6 is 0 Å². The summed E-state index contributed by atoms with van der Waals surface area (Å²) in [6.45, 7) is 19.9. The second-order valence-corrected chi connectivity index (χ2v) is 10.8. The zero-order valence-electron chi connectivity index (χ0n) is 23.3. The zero-order valence-corrected chi connectivity index (χ0v) is 23.3. The lowest BCUT2D eigenvalue weighted by molar-refractivity contribution is 0.126. The molecule has 2 rings (SSSR count). The number of allylic oxidation sites excluding steroid dienone is 4. The maximum absolute atomic E-state index is 6.00. The highest BCUT2D eigenvalue weighted by Crippen LogP contribution is 2.28. The molecule has 1 heterocycles. The van der Waals surface area contributed by atoms with E-state index in [0.29, 0.717) is 0 Å². The fourth-order valence-corrected chi connectivity index (χ4v) is 4.36. The van der Waals surface area contributed by atoms with Gasteiger partial charge in [-0.1, -0.05) is 48.9 Å². The second kappa shape index (κ2) is 16.0. The molecule has 0 bridgehead atoms. The summed E-state index contributed by atoms with van der Waals surface area (Å²) < 4.78 is 6.00. The molecule has 35 heavy (non-hydrogen) atoms. The first kappa shape index (κ1) is 29.4. The SMILES string of the molecule is C=C[C@@](C)(/C=C/c1ccc(OCCCCN2CCN(CCCN(C)C)CC2)cc1)CCC=C(C)C. The van der Waals surface area contributed by atoms with Gasteiger partial charge < -0.3 is 19.4 Å². The van der Waals surface area contributed by atoms with Crippen molar-refractivity contribution in [2.24, 2.45) is 5.41 Å². The fourth-order valence-electron chi connectivity index (χ4n) is 4.36. The van der Waals surface area contributed by atoms with E-state index < -0.39 is 0 Å². The number of hydrogen-bond acceptors (Lipinski definition) is 4. The van der Waals surface area contributed by atoms with Gasteiger partial charge in [0.2, 0.25) is 0 Å². The molecular weight excluding hydrogens is 430 g/mol. The van der Waals surface area contributed by atoms with Crippen molar-refractivity contribution < 1.29 is 4.74 Å². The van der Waals surface area contributed by atoms with Crippen LogP contribution in [-0.2, 0) is 0 Å². The third-order valence-electron chi connectivity index (χ3n) is 6.92. The number of ether oxygens (including phenoxy) is 1. The van der Waals surface area contributed by atoms with E-state index in [-0.39, 0.29) is 5.41 Å². The summed E-state index contributed by atoms with van der Waals surface area (Å²) >= 11 is 0. The van der Waals surface area contributed by atoms with E-state index >= 15 is 0 Å². The number of unbranched alkanes of at least 4 members (excludes halogenated alkanes) is 1. The van der Waals surface area contributed by atoms with E-state index in [1.807, 2.05) is 0 Å². The molecule has 1 atom stereocenters. The van der Waals surface area contributed by atoms with Crippen LogP contribution < -0.4 is 4.74 Å². The summed E-state index contributed by atoms with van der Waals surface area (Å²) in [5, 5.41) is 0. The molecule has 1 aliphatic rings. The largest absolute Gasteiger partial charge is 0.494 e. The van der Waals surface area contributed by atoms with Crippen LogP contribution in [0.15, 0.2) is 54.6 Å². The number of rotatable bonds is 16. The molecule has 1 saturated heterocycles. The molecule has 4 heteroatoms. The molecule has 0 aromatic heterocycles. The van der Waals surface area contributed by atoms with Crippen LogP contribution in [0.25, 0.3) is 6.08 Å². The summed E-state index contributed by atoms with van der Waals surface area (Å²) in [6.07, 6.45) is 14.6. The van der Waals surface area contributed by atoms with Gasteiger partial charge in [-0.15, -0.1) is 6.58 Å². The lowest BCUT2D eigenvalue weighted by atomic mass is 9.84. The Bertz CT molecular complexity index is 771. The van der Waals surface area contributed by atoms with Gasteiger partial charge in [0.25, 0.3) is 0 Å². The molecule has 1 fully saturated rings. The summed E-state index contributed by atoms with van der Waals surface area (Å²) in [5.41, 5.74) is 2.59. The fraction of sp³-hybridized carbons (Fsp3) is 0.613. The summed E-state index contributed by atoms with van der Waals surface area (Å²) in [6, 6.07) is 8.46. The van der Waals surface area contributed by atoms with Gasteiger partial charge in [0.05, 0.1) is 6.61 Å². The highest BCUT2D eigenvalue weighted by atomic mass is 16.5.